The van der Waals surface area contributed by atoms with E-state index in [1.54, 1.807) is 24.3 Å². The number of anilines is 1. The van der Waals surface area contributed by atoms with Crippen molar-refractivity contribution in [3.8, 4) is 11.5 Å². The number of pyridine rings is 1. The Morgan fingerprint density at radius 2 is 1.83 bits per heavy atom. The van der Waals surface area contributed by atoms with Crippen LogP contribution in [0.1, 0.15) is 50.8 Å². The van der Waals surface area contributed by atoms with Crippen LogP contribution in [0.2, 0.25) is 0 Å². The third-order valence-electron chi connectivity index (χ3n) is 6.29. The van der Waals surface area contributed by atoms with Crippen molar-refractivity contribution in [2.24, 2.45) is 5.10 Å². The van der Waals surface area contributed by atoms with Crippen LogP contribution < -0.4 is 20.2 Å². The van der Waals surface area contributed by atoms with Crippen LogP contribution in [-0.2, 0) is 6.42 Å². The van der Waals surface area contributed by atoms with Gasteiger partial charge in [0.2, 0.25) is 6.79 Å². The molecule has 0 fully saturated rings. The number of nitrogens with one attached hydrogen (secondary N) is 2. The zero-order chi connectivity index (χ0) is 24.6. The summed E-state index contributed by atoms with van der Waals surface area (Å²) in [5.41, 5.74) is 6.33. The first-order valence-corrected chi connectivity index (χ1v) is 11.6. The predicted octanol–water partition coefficient (Wildman–Crippen LogP) is 4.59. The molecule has 0 radical (unpaired) electrons. The minimum absolute atomic E-state index is 0.159. The normalized spacial score (nSPS) is 15.1. The maximum absolute atomic E-state index is 13.0. The first-order chi connectivity index (χ1) is 17.6. The lowest BCUT2D eigenvalue weighted by Gasteiger charge is -2.13. The molecule has 9 heteroatoms. The molecule has 0 unspecified atom stereocenters. The summed E-state index contributed by atoms with van der Waals surface area (Å²) in [6, 6.07) is 16.3. The van der Waals surface area contributed by atoms with E-state index in [1.807, 2.05) is 37.3 Å². The third-order valence-corrected chi connectivity index (χ3v) is 6.29. The van der Waals surface area contributed by atoms with Crippen molar-refractivity contribution >= 4 is 34.1 Å². The van der Waals surface area contributed by atoms with Crippen LogP contribution in [0.5, 0.6) is 11.5 Å². The largest absolute Gasteiger partial charge is 0.455 e. The van der Waals surface area contributed by atoms with Crippen LogP contribution in [0.3, 0.4) is 0 Å². The number of ether oxygens (including phenoxy) is 2. The second kappa shape index (κ2) is 8.84. The molecule has 0 saturated heterocycles. The Labute approximate surface area is 206 Å². The summed E-state index contributed by atoms with van der Waals surface area (Å²) in [6.07, 6.45) is 2.14. The van der Waals surface area contributed by atoms with Gasteiger partial charge in [-0.25, -0.2) is 10.4 Å². The predicted molar refractivity (Wildman–Crippen MR) is 133 cm³/mol. The van der Waals surface area contributed by atoms with E-state index in [4.69, 9.17) is 13.9 Å². The average molecular weight is 482 g/mol. The lowest BCUT2D eigenvalue weighted by Crippen LogP contribution is -2.23. The van der Waals surface area contributed by atoms with E-state index in [1.165, 1.54) is 0 Å². The van der Waals surface area contributed by atoms with E-state index < -0.39 is 5.91 Å². The number of hydrazone groups is 1. The van der Waals surface area contributed by atoms with E-state index in [9.17, 15) is 9.59 Å². The summed E-state index contributed by atoms with van der Waals surface area (Å²) in [5.74, 6) is 1.35. The molecule has 6 rings (SSSR count). The topological polar surface area (TPSA) is 115 Å². The number of carbonyl (C=O) groups excluding carboxylic acids is 2. The number of benzene rings is 2. The standard InChI is InChI=1S/C27H22N4O5/c1-15-24-19(30-31-26(32)20-11-9-16-5-2-3-6-18(16)29-20)7-4-8-22(24)36-25(15)27(33)28-17-10-12-21-23(13-17)35-14-34-21/h2-3,5-6,9-13H,4,7-8,14H2,1H3,(H,28,33)(H,31,32)/b30-19+. The zero-order valence-corrected chi connectivity index (χ0v) is 19.5. The lowest BCUT2D eigenvalue weighted by molar-refractivity contribution is 0.0949. The number of fused-ring (bicyclic) bond motifs is 3. The van der Waals surface area contributed by atoms with Crippen LogP contribution in [0.15, 0.2) is 64.1 Å². The fourth-order valence-corrected chi connectivity index (χ4v) is 4.53. The Morgan fingerprint density at radius 3 is 2.75 bits per heavy atom. The van der Waals surface area contributed by atoms with E-state index in [0.29, 0.717) is 47.1 Å². The first-order valence-electron chi connectivity index (χ1n) is 11.6. The SMILES string of the molecule is Cc1c(C(=O)Nc2ccc3c(c2)OCO3)oc2c1/C(=N/NC(=O)c1ccc3ccccc3n1)CCC2. The van der Waals surface area contributed by atoms with E-state index in [-0.39, 0.29) is 24.2 Å². The van der Waals surface area contributed by atoms with Crippen molar-refractivity contribution in [1.82, 2.24) is 10.4 Å². The molecule has 180 valence electrons. The van der Waals surface area contributed by atoms with Gasteiger partial charge in [-0.1, -0.05) is 24.3 Å². The minimum atomic E-state index is -0.401. The molecule has 0 spiro atoms. The molecule has 1 aliphatic heterocycles. The number of hydrogen-bond acceptors (Lipinski definition) is 7. The van der Waals surface area contributed by atoms with Crippen molar-refractivity contribution in [3.05, 3.63) is 82.9 Å². The van der Waals surface area contributed by atoms with Crippen LogP contribution in [-0.4, -0.2) is 29.3 Å². The van der Waals surface area contributed by atoms with Gasteiger partial charge in [-0.2, -0.15) is 5.10 Å². The van der Waals surface area contributed by atoms with Gasteiger partial charge in [0.1, 0.15) is 11.5 Å². The van der Waals surface area contributed by atoms with Gasteiger partial charge in [-0.3, -0.25) is 9.59 Å². The molecule has 36 heavy (non-hydrogen) atoms. The van der Waals surface area contributed by atoms with E-state index >= 15 is 0 Å². The van der Waals surface area contributed by atoms with Crippen LogP contribution >= 0.6 is 0 Å². The molecule has 2 aliphatic rings. The van der Waals surface area contributed by atoms with Gasteiger partial charge >= 0.3 is 0 Å². The maximum atomic E-state index is 13.0. The van der Waals surface area contributed by atoms with Crippen LogP contribution in [0.4, 0.5) is 5.69 Å². The highest BCUT2D eigenvalue weighted by Crippen LogP contribution is 2.35. The molecule has 2 aromatic carbocycles. The van der Waals surface area contributed by atoms with Crippen molar-refractivity contribution in [3.63, 3.8) is 0 Å². The highest BCUT2D eigenvalue weighted by atomic mass is 16.7. The number of carbonyl (C=O) groups is 2. The molecule has 0 bridgehead atoms. The Balaban J connectivity index is 1.22. The van der Waals surface area contributed by atoms with E-state index in [2.05, 4.69) is 20.8 Å². The second-order valence-electron chi connectivity index (χ2n) is 8.62. The lowest BCUT2D eigenvalue weighted by atomic mass is 9.93. The molecule has 2 N–H and O–H groups in total. The Hall–Kier alpha value is -4.66. The summed E-state index contributed by atoms with van der Waals surface area (Å²) in [4.78, 5) is 30.2. The summed E-state index contributed by atoms with van der Waals surface area (Å²) in [5, 5.41) is 8.20. The van der Waals surface area contributed by atoms with Crippen molar-refractivity contribution in [1.29, 1.82) is 0 Å². The van der Waals surface area contributed by atoms with E-state index in [0.717, 1.165) is 22.9 Å². The van der Waals surface area contributed by atoms with Crippen LogP contribution in [0.25, 0.3) is 10.9 Å². The Bertz CT molecular complexity index is 1560. The van der Waals surface area contributed by atoms with Gasteiger partial charge in [0.05, 0.1) is 11.2 Å². The Kier molecular flexibility index (Phi) is 5.37. The minimum Gasteiger partial charge on any atom is -0.455 e. The number of nitrogens with zero attached hydrogens (tertiary/aromatic N) is 2. The van der Waals surface area contributed by atoms with Gasteiger partial charge in [-0.15, -0.1) is 0 Å². The van der Waals surface area contributed by atoms with Crippen molar-refractivity contribution < 1.29 is 23.5 Å². The second-order valence-corrected chi connectivity index (χ2v) is 8.62. The number of rotatable bonds is 4. The number of para-hydroxylation sites is 1. The third kappa shape index (κ3) is 3.94. The number of aryl methyl sites for hydroxylation is 1. The molecule has 0 atom stereocenters. The molecular formula is C27H22N4O5. The monoisotopic (exact) mass is 482 g/mol. The van der Waals surface area contributed by atoms with Crippen molar-refractivity contribution in [2.75, 3.05) is 12.1 Å². The fourth-order valence-electron chi connectivity index (χ4n) is 4.53. The highest BCUT2D eigenvalue weighted by Gasteiger charge is 2.28. The summed E-state index contributed by atoms with van der Waals surface area (Å²) in [6.45, 7) is 1.98. The first kappa shape index (κ1) is 21.8. The smallest absolute Gasteiger partial charge is 0.291 e. The average Bonchev–Trinajstić information content (AvgIpc) is 3.51. The number of amides is 2. The molecule has 4 aromatic rings. The van der Waals surface area contributed by atoms with Gasteiger partial charge < -0.3 is 19.2 Å². The zero-order valence-electron chi connectivity index (χ0n) is 19.5. The molecule has 9 nitrogen and oxygen atoms in total. The van der Waals surface area contributed by atoms with Crippen molar-refractivity contribution in [2.45, 2.75) is 26.2 Å². The summed E-state index contributed by atoms with van der Waals surface area (Å²) < 4.78 is 16.7. The van der Waals surface area contributed by atoms with Crippen LogP contribution in [0, 0.1) is 6.92 Å². The molecular weight excluding hydrogens is 460 g/mol. The molecule has 1 aliphatic carbocycles. The fraction of sp³-hybridized carbons (Fsp3) is 0.185. The highest BCUT2D eigenvalue weighted by molar-refractivity contribution is 6.09. The quantitative estimate of drug-likeness (QED) is 0.411. The summed E-state index contributed by atoms with van der Waals surface area (Å²) >= 11 is 0. The maximum Gasteiger partial charge on any atom is 0.291 e. The molecule has 2 amide bonds. The number of hydrogen-bond donors (Lipinski definition) is 2. The molecule has 0 saturated carbocycles. The number of furan rings is 1. The summed E-state index contributed by atoms with van der Waals surface area (Å²) in [7, 11) is 0. The number of aromatic nitrogens is 1. The van der Waals surface area contributed by atoms with Gasteiger partial charge in [-0.05, 0) is 44.0 Å². The van der Waals surface area contributed by atoms with Gasteiger partial charge in [0, 0.05) is 34.7 Å². The molecule has 3 heterocycles. The van der Waals surface area contributed by atoms with Gasteiger partial charge in [0.25, 0.3) is 11.8 Å². The van der Waals surface area contributed by atoms with Gasteiger partial charge in [0.15, 0.2) is 17.3 Å². The molecule has 2 aromatic heterocycles. The Morgan fingerprint density at radius 1 is 0.972 bits per heavy atom.